The van der Waals surface area contributed by atoms with Crippen molar-refractivity contribution in [1.82, 2.24) is 5.43 Å². The van der Waals surface area contributed by atoms with Crippen molar-refractivity contribution in [1.29, 1.82) is 0 Å². The van der Waals surface area contributed by atoms with Crippen LogP contribution in [0.1, 0.15) is 21.5 Å². The van der Waals surface area contributed by atoms with Crippen LogP contribution in [-0.2, 0) is 10.1 Å². The number of carbonyl (C=O) groups excluding carboxylic acids is 1. The minimum absolute atomic E-state index is 0.0736. The fourth-order valence-corrected chi connectivity index (χ4v) is 4.10. The van der Waals surface area contributed by atoms with Crippen LogP contribution >= 0.6 is 0 Å². The smallest absolute Gasteiger partial charge is 0.339 e. The number of nitrogens with zero attached hydrogens (tertiary/aromatic N) is 1. The molecule has 0 aliphatic carbocycles. The minimum Gasteiger partial charge on any atom is -0.379 e. The topological polar surface area (TPSA) is 84.8 Å². The maximum atomic E-state index is 12.6. The standard InChI is InChI=1S/C25H20N2O4S/c1-18-12-14-22(15-13-18)32(29,30)31-21-9-4-6-19(16-21)17-26-27-25(28)24-11-5-8-20-7-2-3-10-23(20)24/h2-17H,1H3,(H,27,28)/b26-17+. The third-order valence-corrected chi connectivity index (χ3v) is 6.05. The fraction of sp³-hybridized carbons (Fsp3) is 0.0400. The lowest BCUT2D eigenvalue weighted by Gasteiger charge is -2.08. The number of hydrazone groups is 1. The SMILES string of the molecule is Cc1ccc(S(=O)(=O)Oc2cccc(/C=N/NC(=O)c3cccc4ccccc34)c2)cc1. The van der Waals surface area contributed by atoms with E-state index in [0.717, 1.165) is 16.3 Å². The first-order valence-corrected chi connectivity index (χ1v) is 11.3. The Hall–Kier alpha value is -3.97. The maximum Gasteiger partial charge on any atom is 0.339 e. The molecule has 32 heavy (non-hydrogen) atoms. The van der Waals surface area contributed by atoms with Gasteiger partial charge >= 0.3 is 10.1 Å². The number of amides is 1. The first-order chi connectivity index (χ1) is 15.4. The monoisotopic (exact) mass is 444 g/mol. The van der Waals surface area contributed by atoms with Crippen LogP contribution in [0.15, 0.2) is 101 Å². The molecule has 0 aliphatic heterocycles. The van der Waals surface area contributed by atoms with Crippen molar-refractivity contribution in [3.63, 3.8) is 0 Å². The van der Waals surface area contributed by atoms with Crippen LogP contribution in [0.3, 0.4) is 0 Å². The molecule has 0 aliphatic rings. The minimum atomic E-state index is -3.95. The summed E-state index contributed by atoms with van der Waals surface area (Å²) < 4.78 is 30.2. The second kappa shape index (κ2) is 9.03. The number of hydrogen-bond acceptors (Lipinski definition) is 5. The van der Waals surface area contributed by atoms with Gasteiger partial charge in [-0.25, -0.2) is 5.43 Å². The third kappa shape index (κ3) is 4.84. The lowest BCUT2D eigenvalue weighted by atomic mass is 10.0. The Kier molecular flexibility index (Phi) is 6.00. The highest BCUT2D eigenvalue weighted by atomic mass is 32.2. The molecule has 0 radical (unpaired) electrons. The van der Waals surface area contributed by atoms with E-state index in [2.05, 4.69) is 10.5 Å². The number of nitrogens with one attached hydrogen (secondary N) is 1. The maximum absolute atomic E-state index is 12.6. The lowest BCUT2D eigenvalue weighted by Crippen LogP contribution is -2.17. The van der Waals surface area contributed by atoms with E-state index in [-0.39, 0.29) is 16.6 Å². The predicted molar refractivity (Wildman–Crippen MR) is 124 cm³/mol. The summed E-state index contributed by atoms with van der Waals surface area (Å²) in [5, 5.41) is 5.80. The first-order valence-electron chi connectivity index (χ1n) is 9.85. The molecular weight excluding hydrogens is 424 g/mol. The Labute approximate surface area is 186 Å². The zero-order valence-electron chi connectivity index (χ0n) is 17.2. The largest absolute Gasteiger partial charge is 0.379 e. The molecule has 1 amide bonds. The van der Waals surface area contributed by atoms with Crippen molar-refractivity contribution >= 4 is 33.0 Å². The van der Waals surface area contributed by atoms with Crippen molar-refractivity contribution in [2.75, 3.05) is 0 Å². The van der Waals surface area contributed by atoms with Crippen LogP contribution in [0.4, 0.5) is 0 Å². The van der Waals surface area contributed by atoms with Gasteiger partial charge in [0.1, 0.15) is 10.6 Å². The van der Waals surface area contributed by atoms with Crippen LogP contribution in [0.25, 0.3) is 10.8 Å². The fourth-order valence-electron chi connectivity index (χ4n) is 3.18. The zero-order valence-corrected chi connectivity index (χ0v) is 18.0. The molecule has 4 rings (SSSR count). The molecule has 160 valence electrons. The molecule has 0 atom stereocenters. The summed E-state index contributed by atoms with van der Waals surface area (Å²) in [6, 6.07) is 25.9. The van der Waals surface area contributed by atoms with Crippen molar-refractivity contribution < 1.29 is 17.4 Å². The summed E-state index contributed by atoms with van der Waals surface area (Å²) in [6.07, 6.45) is 1.42. The molecule has 0 saturated heterocycles. The zero-order chi connectivity index (χ0) is 22.6. The molecule has 0 unspecified atom stereocenters. The van der Waals surface area contributed by atoms with E-state index in [1.165, 1.54) is 30.5 Å². The summed E-state index contributed by atoms with van der Waals surface area (Å²) in [5.74, 6) is -0.192. The van der Waals surface area contributed by atoms with Crippen molar-refractivity contribution in [3.05, 3.63) is 108 Å². The normalized spacial score (nSPS) is 11.5. The van der Waals surface area contributed by atoms with Gasteiger partial charge in [-0.05, 0) is 53.6 Å². The van der Waals surface area contributed by atoms with E-state index in [1.807, 2.05) is 43.3 Å². The van der Waals surface area contributed by atoms with Gasteiger partial charge in [0.05, 0.1) is 6.21 Å². The van der Waals surface area contributed by atoms with Crippen LogP contribution in [-0.4, -0.2) is 20.5 Å². The first kappa shape index (κ1) is 21.3. The van der Waals surface area contributed by atoms with Crippen LogP contribution in [0, 0.1) is 6.92 Å². The van der Waals surface area contributed by atoms with Crippen LogP contribution in [0.2, 0.25) is 0 Å². The molecule has 6 nitrogen and oxygen atoms in total. The summed E-state index contributed by atoms with van der Waals surface area (Å²) in [5.41, 5.74) is 4.55. The third-order valence-electron chi connectivity index (χ3n) is 4.79. The number of fused-ring (bicyclic) bond motifs is 1. The summed E-state index contributed by atoms with van der Waals surface area (Å²) in [7, 11) is -3.95. The molecule has 4 aromatic carbocycles. The molecule has 0 spiro atoms. The Balaban J connectivity index is 1.47. The molecule has 0 heterocycles. The quantitative estimate of drug-likeness (QED) is 0.266. The van der Waals surface area contributed by atoms with Gasteiger partial charge in [0, 0.05) is 5.56 Å². The molecule has 0 saturated carbocycles. The second-order valence-corrected chi connectivity index (χ2v) is 8.70. The Morgan fingerprint density at radius 1 is 0.906 bits per heavy atom. The van der Waals surface area contributed by atoms with E-state index >= 15 is 0 Å². The van der Waals surface area contributed by atoms with Gasteiger partial charge in [-0.15, -0.1) is 0 Å². The highest BCUT2D eigenvalue weighted by Gasteiger charge is 2.16. The molecule has 0 fully saturated rings. The number of aryl methyl sites for hydroxylation is 1. The number of rotatable bonds is 6. The van der Waals surface area contributed by atoms with E-state index in [9.17, 15) is 13.2 Å². The number of carbonyl (C=O) groups is 1. The van der Waals surface area contributed by atoms with Crippen molar-refractivity contribution in [3.8, 4) is 5.75 Å². The molecule has 0 aromatic heterocycles. The molecular formula is C25H20N2O4S. The van der Waals surface area contributed by atoms with Gasteiger partial charge in [0.2, 0.25) is 0 Å². The highest BCUT2D eigenvalue weighted by molar-refractivity contribution is 7.87. The molecule has 1 N–H and O–H groups in total. The summed E-state index contributed by atoms with van der Waals surface area (Å²) in [4.78, 5) is 12.6. The summed E-state index contributed by atoms with van der Waals surface area (Å²) in [6.45, 7) is 1.87. The van der Waals surface area contributed by atoms with Gasteiger partial charge in [-0.1, -0.05) is 66.2 Å². The van der Waals surface area contributed by atoms with E-state index < -0.39 is 10.1 Å². The summed E-state index contributed by atoms with van der Waals surface area (Å²) >= 11 is 0. The Morgan fingerprint density at radius 2 is 1.62 bits per heavy atom. The van der Waals surface area contributed by atoms with Crippen molar-refractivity contribution in [2.45, 2.75) is 11.8 Å². The Morgan fingerprint density at radius 3 is 2.44 bits per heavy atom. The number of hydrogen-bond donors (Lipinski definition) is 1. The van der Waals surface area contributed by atoms with Crippen LogP contribution < -0.4 is 9.61 Å². The van der Waals surface area contributed by atoms with Gasteiger partial charge in [0.25, 0.3) is 5.91 Å². The lowest BCUT2D eigenvalue weighted by molar-refractivity contribution is 0.0957. The molecule has 0 bridgehead atoms. The van der Waals surface area contributed by atoms with Gasteiger partial charge < -0.3 is 4.18 Å². The van der Waals surface area contributed by atoms with Gasteiger partial charge in [-0.2, -0.15) is 13.5 Å². The van der Waals surface area contributed by atoms with E-state index in [1.54, 1.807) is 30.3 Å². The predicted octanol–water partition coefficient (Wildman–Crippen LogP) is 4.68. The Bertz CT molecular complexity index is 1410. The second-order valence-electron chi connectivity index (χ2n) is 7.15. The average Bonchev–Trinajstić information content (AvgIpc) is 2.79. The van der Waals surface area contributed by atoms with Crippen molar-refractivity contribution in [2.24, 2.45) is 5.10 Å². The molecule has 7 heteroatoms. The highest BCUT2D eigenvalue weighted by Crippen LogP contribution is 2.20. The average molecular weight is 445 g/mol. The van der Waals surface area contributed by atoms with Gasteiger partial charge in [-0.3, -0.25) is 4.79 Å². The van der Waals surface area contributed by atoms with Crippen LogP contribution in [0.5, 0.6) is 5.75 Å². The number of benzene rings is 4. The van der Waals surface area contributed by atoms with E-state index in [0.29, 0.717) is 11.1 Å². The van der Waals surface area contributed by atoms with E-state index in [4.69, 9.17) is 4.18 Å². The van der Waals surface area contributed by atoms with Gasteiger partial charge in [0.15, 0.2) is 0 Å². The molecule has 4 aromatic rings.